The predicted molar refractivity (Wildman–Crippen MR) is 132 cm³/mol. The van der Waals surface area contributed by atoms with Gasteiger partial charge in [0.25, 0.3) is 0 Å². The topological polar surface area (TPSA) is 21.7 Å². The molecule has 0 aromatic heterocycles. The summed E-state index contributed by atoms with van der Waals surface area (Å²) in [7, 11) is -3.77. The summed E-state index contributed by atoms with van der Waals surface area (Å²) in [4.78, 5) is 0. The first kappa shape index (κ1) is 26.6. The van der Waals surface area contributed by atoms with Crippen LogP contribution < -0.4 is 0 Å². The number of hydrogen-bond acceptors (Lipinski definition) is 3. The minimum absolute atomic E-state index is 0.716. The summed E-state index contributed by atoms with van der Waals surface area (Å²) in [5.74, 6) is 0. The van der Waals surface area contributed by atoms with E-state index in [2.05, 4.69) is 96.8 Å². The normalized spacial score (nSPS) is 13.3. The Morgan fingerprint density at radius 2 is 1.31 bits per heavy atom. The lowest BCUT2D eigenvalue weighted by molar-refractivity contribution is 0.187. The van der Waals surface area contributed by atoms with Crippen molar-refractivity contribution in [2.75, 3.05) is 19.8 Å². The fourth-order valence-electron chi connectivity index (χ4n) is 5.70. The molecule has 0 saturated carbocycles. The molecular weight excluding hydrogens is 390 g/mol. The molecule has 29 heavy (non-hydrogen) atoms. The lowest BCUT2D eigenvalue weighted by Gasteiger charge is -2.51. The molecule has 0 aliphatic carbocycles. The van der Waals surface area contributed by atoms with Gasteiger partial charge in [-0.3, -0.25) is 0 Å². The highest BCUT2D eigenvalue weighted by molar-refractivity contribution is 6.80. The van der Waals surface area contributed by atoms with E-state index in [9.17, 15) is 0 Å². The summed E-state index contributed by atoms with van der Waals surface area (Å²) in [5.41, 5.74) is 3.58. The van der Waals surface area contributed by atoms with Crippen molar-refractivity contribution in [1.29, 1.82) is 0 Å². The zero-order valence-corrected chi connectivity index (χ0v) is 22.6. The van der Waals surface area contributed by atoms with Crippen molar-refractivity contribution in [3.63, 3.8) is 0 Å². The van der Waals surface area contributed by atoms with Crippen molar-refractivity contribution in [3.8, 4) is 0 Å². The Kier molecular flexibility index (Phi) is 11.4. The molecule has 1 aromatic rings. The first-order valence-electron chi connectivity index (χ1n) is 11.7. The van der Waals surface area contributed by atoms with Crippen LogP contribution in [-0.2, 0) is 15.4 Å². The molecule has 0 saturated heterocycles. The average molecular weight is 438 g/mol. The van der Waals surface area contributed by atoms with Crippen molar-refractivity contribution < 1.29 is 8.85 Å². The van der Waals surface area contributed by atoms with Gasteiger partial charge < -0.3 is 13.4 Å². The molecule has 1 rings (SSSR count). The molecular formula is C24H47NO2Si2. The molecule has 5 heteroatoms. The third-order valence-electron chi connectivity index (χ3n) is 6.50. The van der Waals surface area contributed by atoms with E-state index in [4.69, 9.17) is 8.85 Å². The Hall–Kier alpha value is -0.466. The van der Waals surface area contributed by atoms with Crippen LogP contribution in [0.4, 0.5) is 0 Å². The zero-order valence-electron chi connectivity index (χ0n) is 20.6. The number of benzene rings is 1. The predicted octanol–water partition coefficient (Wildman–Crippen LogP) is 7.20. The van der Waals surface area contributed by atoms with Crippen molar-refractivity contribution in [1.82, 2.24) is 4.57 Å². The van der Waals surface area contributed by atoms with Crippen LogP contribution in [0.25, 0.3) is 0 Å². The highest BCUT2D eigenvalue weighted by Crippen LogP contribution is 2.44. The van der Waals surface area contributed by atoms with E-state index in [0.717, 1.165) is 38.8 Å². The summed E-state index contributed by atoms with van der Waals surface area (Å²) in [5, 5.41) is 0. The molecule has 0 aliphatic rings. The average Bonchev–Trinajstić information content (AvgIpc) is 2.62. The van der Waals surface area contributed by atoms with Gasteiger partial charge >= 0.3 is 8.56 Å². The molecule has 0 amide bonds. The standard InChI is InChI=1S/C24H47NO2Si2/c1-10-26-28(9,27-11-2)19-15-18-25(20-24-16-13-12-14-17-24)29(21(3)4,22(5)6)23(7)8/h12-14,16-17,21-23H,10-11,15,18-20H2,1-9H3. The summed E-state index contributed by atoms with van der Waals surface area (Å²) in [6.07, 6.45) is 1.15. The molecule has 0 fully saturated rings. The van der Waals surface area contributed by atoms with Crippen molar-refractivity contribution >= 4 is 16.8 Å². The molecule has 3 nitrogen and oxygen atoms in total. The monoisotopic (exact) mass is 437 g/mol. The Labute approximate surface area is 183 Å². The molecule has 1 aromatic carbocycles. The molecule has 168 valence electrons. The van der Waals surface area contributed by atoms with E-state index in [1.54, 1.807) is 0 Å². The summed E-state index contributed by atoms with van der Waals surface area (Å²) >= 11 is 0. The summed E-state index contributed by atoms with van der Waals surface area (Å²) in [6.45, 7) is 24.9. The molecule has 0 aliphatic heterocycles. The molecule has 0 atom stereocenters. The first-order valence-corrected chi connectivity index (χ1v) is 16.4. The van der Waals surface area contributed by atoms with Gasteiger partial charge in [0.1, 0.15) is 8.24 Å². The van der Waals surface area contributed by atoms with Gasteiger partial charge in [0.2, 0.25) is 0 Å². The van der Waals surface area contributed by atoms with Gasteiger partial charge in [-0.15, -0.1) is 0 Å². The zero-order chi connectivity index (χ0) is 22.1. The maximum absolute atomic E-state index is 6.11. The maximum Gasteiger partial charge on any atom is 0.334 e. The first-order chi connectivity index (χ1) is 13.6. The quantitative estimate of drug-likeness (QED) is 0.287. The van der Waals surface area contributed by atoms with Gasteiger partial charge in [-0.2, -0.15) is 0 Å². The second kappa shape index (κ2) is 12.4. The highest BCUT2D eigenvalue weighted by Gasteiger charge is 2.48. The van der Waals surface area contributed by atoms with Crippen molar-refractivity contribution in [2.24, 2.45) is 0 Å². The lowest BCUT2D eigenvalue weighted by atomic mass is 10.2. The molecule has 0 bridgehead atoms. The van der Waals surface area contributed by atoms with Gasteiger partial charge in [-0.25, -0.2) is 0 Å². The lowest BCUT2D eigenvalue weighted by Crippen LogP contribution is -2.60. The third-order valence-corrected chi connectivity index (χ3v) is 16.6. The van der Waals surface area contributed by atoms with Crippen LogP contribution in [0, 0.1) is 0 Å². The smallest absolute Gasteiger partial charge is 0.334 e. The SMILES string of the molecule is CCO[Si](C)(CCCN(Cc1ccccc1)[Si](C(C)C)(C(C)C)C(C)C)OCC. The van der Waals surface area contributed by atoms with E-state index < -0.39 is 16.8 Å². The second-order valence-electron chi connectivity index (χ2n) is 9.36. The van der Waals surface area contributed by atoms with E-state index in [0.29, 0.717) is 16.6 Å². The van der Waals surface area contributed by atoms with E-state index in [1.807, 2.05) is 0 Å². The van der Waals surface area contributed by atoms with Gasteiger partial charge in [-0.1, -0.05) is 71.9 Å². The van der Waals surface area contributed by atoms with Crippen LogP contribution in [0.15, 0.2) is 30.3 Å². The molecule has 0 N–H and O–H groups in total. The largest absolute Gasteiger partial charge is 0.395 e. The summed E-state index contributed by atoms with van der Waals surface area (Å²) in [6, 6.07) is 12.1. The Balaban J connectivity index is 3.13. The summed E-state index contributed by atoms with van der Waals surface area (Å²) < 4.78 is 15.1. The van der Waals surface area contributed by atoms with Gasteiger partial charge in [0.15, 0.2) is 0 Å². The molecule has 0 radical (unpaired) electrons. The minimum atomic E-state index is -2.06. The van der Waals surface area contributed by atoms with E-state index >= 15 is 0 Å². The Morgan fingerprint density at radius 3 is 1.72 bits per heavy atom. The van der Waals surface area contributed by atoms with Gasteiger partial charge in [-0.05, 0) is 61.6 Å². The van der Waals surface area contributed by atoms with Crippen LogP contribution in [-0.4, -0.2) is 41.1 Å². The third kappa shape index (κ3) is 7.03. The highest BCUT2D eigenvalue weighted by atomic mass is 28.4. The number of rotatable bonds is 14. The Morgan fingerprint density at radius 1 is 0.828 bits per heavy atom. The van der Waals surface area contributed by atoms with Crippen LogP contribution in [0.5, 0.6) is 0 Å². The number of hydrogen-bond donors (Lipinski definition) is 0. The second-order valence-corrected chi connectivity index (χ2v) is 18.6. The van der Waals surface area contributed by atoms with Crippen LogP contribution in [0.2, 0.25) is 29.2 Å². The van der Waals surface area contributed by atoms with E-state index in [-0.39, 0.29) is 0 Å². The van der Waals surface area contributed by atoms with Crippen LogP contribution in [0.1, 0.15) is 67.4 Å². The van der Waals surface area contributed by atoms with E-state index in [1.165, 1.54) is 5.56 Å². The van der Waals surface area contributed by atoms with Crippen molar-refractivity contribution in [3.05, 3.63) is 35.9 Å². The minimum Gasteiger partial charge on any atom is -0.395 e. The Bertz CT molecular complexity index is 535. The molecule has 0 spiro atoms. The van der Waals surface area contributed by atoms with Gasteiger partial charge in [0, 0.05) is 19.8 Å². The number of nitrogens with zero attached hydrogens (tertiary/aromatic N) is 1. The molecule has 0 unspecified atom stereocenters. The van der Waals surface area contributed by atoms with Crippen LogP contribution in [0.3, 0.4) is 0 Å². The maximum atomic E-state index is 6.11. The fraction of sp³-hybridized carbons (Fsp3) is 0.750. The fourth-order valence-corrected chi connectivity index (χ4v) is 15.3. The van der Waals surface area contributed by atoms with Crippen molar-refractivity contribution in [2.45, 2.75) is 97.6 Å². The van der Waals surface area contributed by atoms with Crippen LogP contribution >= 0.6 is 0 Å². The molecule has 0 heterocycles. The van der Waals surface area contributed by atoms with Gasteiger partial charge in [0.05, 0.1) is 0 Å².